The fourth-order valence-electron chi connectivity index (χ4n) is 3.56. The van der Waals surface area contributed by atoms with Crippen molar-refractivity contribution < 1.29 is 9.90 Å². The summed E-state index contributed by atoms with van der Waals surface area (Å²) in [5, 5.41) is 12.2. The molecule has 1 atom stereocenters. The van der Waals surface area contributed by atoms with Crippen LogP contribution >= 0.6 is 0 Å². The highest BCUT2D eigenvalue weighted by molar-refractivity contribution is 5.82. The van der Waals surface area contributed by atoms with E-state index in [1.54, 1.807) is 0 Å². The molecule has 1 saturated heterocycles. The lowest BCUT2D eigenvalue weighted by molar-refractivity contribution is -0.139. The molecule has 0 aromatic carbocycles. The molecular formula is C14H26N2O2. The first-order valence-corrected chi connectivity index (χ1v) is 7.23. The van der Waals surface area contributed by atoms with E-state index in [2.05, 4.69) is 24.1 Å². The van der Waals surface area contributed by atoms with Gasteiger partial charge in [0.05, 0.1) is 6.04 Å². The summed E-state index contributed by atoms with van der Waals surface area (Å²) in [6.07, 6.45) is 6.79. The normalized spacial score (nSPS) is 30.2. The van der Waals surface area contributed by atoms with Gasteiger partial charge in [-0.25, -0.2) is 0 Å². The molecule has 2 aliphatic rings. The third-order valence-corrected chi connectivity index (χ3v) is 4.40. The second kappa shape index (κ2) is 5.57. The van der Waals surface area contributed by atoms with Gasteiger partial charge in [-0.3, -0.25) is 9.69 Å². The molecule has 18 heavy (non-hydrogen) atoms. The number of hydrogen-bond acceptors (Lipinski definition) is 3. The van der Waals surface area contributed by atoms with E-state index in [4.69, 9.17) is 0 Å². The standard InChI is InChI=1S/C14H26N2O2/c1-14(2)10-15-13(18)12(8-9-17)16(14)11-6-4-3-5-7-11/h11-12,17H,3-10H2,1-2H3,(H,15,18). The number of aliphatic hydroxyl groups is 1. The average Bonchev–Trinajstić information content (AvgIpc) is 2.35. The SMILES string of the molecule is CC1(C)CNC(=O)C(CCO)N1C1CCCCC1. The first-order chi connectivity index (χ1) is 8.56. The molecule has 104 valence electrons. The third-order valence-electron chi connectivity index (χ3n) is 4.40. The van der Waals surface area contributed by atoms with E-state index in [-0.39, 0.29) is 24.1 Å². The maximum Gasteiger partial charge on any atom is 0.237 e. The van der Waals surface area contributed by atoms with Crippen LogP contribution in [0.3, 0.4) is 0 Å². The minimum absolute atomic E-state index is 0.00421. The summed E-state index contributed by atoms with van der Waals surface area (Å²) >= 11 is 0. The van der Waals surface area contributed by atoms with E-state index in [0.717, 1.165) is 0 Å². The molecule has 0 radical (unpaired) electrons. The number of aliphatic hydroxyl groups excluding tert-OH is 1. The number of hydrogen-bond donors (Lipinski definition) is 2. The van der Waals surface area contributed by atoms with Crippen LogP contribution in [0.4, 0.5) is 0 Å². The Labute approximate surface area is 110 Å². The Balaban J connectivity index is 2.19. The van der Waals surface area contributed by atoms with E-state index in [1.165, 1.54) is 32.1 Å². The number of rotatable bonds is 3. The number of carbonyl (C=O) groups is 1. The lowest BCUT2D eigenvalue weighted by atomic mass is 9.86. The maximum atomic E-state index is 12.1. The number of amides is 1. The fourth-order valence-corrected chi connectivity index (χ4v) is 3.56. The van der Waals surface area contributed by atoms with Gasteiger partial charge in [-0.15, -0.1) is 0 Å². The summed E-state index contributed by atoms with van der Waals surface area (Å²) in [5.74, 6) is 0.0916. The van der Waals surface area contributed by atoms with Crippen molar-refractivity contribution >= 4 is 5.91 Å². The van der Waals surface area contributed by atoms with Crippen LogP contribution in [0.2, 0.25) is 0 Å². The minimum Gasteiger partial charge on any atom is -0.396 e. The molecule has 1 unspecified atom stereocenters. The molecule has 2 N–H and O–H groups in total. The van der Waals surface area contributed by atoms with E-state index in [9.17, 15) is 9.90 Å². The lowest BCUT2D eigenvalue weighted by Crippen LogP contribution is -2.68. The van der Waals surface area contributed by atoms with Crippen LogP contribution in [0.1, 0.15) is 52.4 Å². The van der Waals surface area contributed by atoms with Crippen LogP contribution in [0, 0.1) is 0 Å². The zero-order valence-corrected chi connectivity index (χ0v) is 11.6. The van der Waals surface area contributed by atoms with Gasteiger partial charge in [-0.05, 0) is 33.1 Å². The van der Waals surface area contributed by atoms with Crippen molar-refractivity contribution in [3.05, 3.63) is 0 Å². The summed E-state index contributed by atoms with van der Waals surface area (Å²) in [7, 11) is 0. The number of carbonyl (C=O) groups excluding carboxylic acids is 1. The fraction of sp³-hybridized carbons (Fsp3) is 0.929. The van der Waals surface area contributed by atoms with Crippen molar-refractivity contribution in [1.82, 2.24) is 10.2 Å². The summed E-state index contributed by atoms with van der Waals surface area (Å²) < 4.78 is 0. The average molecular weight is 254 g/mol. The zero-order chi connectivity index (χ0) is 13.2. The van der Waals surface area contributed by atoms with Gasteiger partial charge < -0.3 is 10.4 Å². The van der Waals surface area contributed by atoms with Gasteiger partial charge in [0.15, 0.2) is 0 Å². The van der Waals surface area contributed by atoms with E-state index >= 15 is 0 Å². The second-order valence-corrected chi connectivity index (χ2v) is 6.26. The van der Waals surface area contributed by atoms with Crippen LogP contribution in [0.5, 0.6) is 0 Å². The number of nitrogens with one attached hydrogen (secondary N) is 1. The van der Waals surface area contributed by atoms with Gasteiger partial charge in [0.1, 0.15) is 0 Å². The van der Waals surface area contributed by atoms with Crippen LogP contribution in [-0.4, -0.2) is 46.7 Å². The van der Waals surface area contributed by atoms with Crippen molar-refractivity contribution in [3.63, 3.8) is 0 Å². The Kier molecular flexibility index (Phi) is 4.28. The van der Waals surface area contributed by atoms with Gasteiger partial charge in [0, 0.05) is 24.7 Å². The van der Waals surface area contributed by atoms with Crippen molar-refractivity contribution in [2.75, 3.05) is 13.2 Å². The highest BCUT2D eigenvalue weighted by Crippen LogP contribution is 2.32. The lowest BCUT2D eigenvalue weighted by Gasteiger charge is -2.52. The Morgan fingerprint density at radius 1 is 1.33 bits per heavy atom. The van der Waals surface area contributed by atoms with Crippen molar-refractivity contribution in [2.45, 2.75) is 70.0 Å². The van der Waals surface area contributed by atoms with Gasteiger partial charge in [-0.2, -0.15) is 0 Å². The topological polar surface area (TPSA) is 52.6 Å². The monoisotopic (exact) mass is 254 g/mol. The van der Waals surface area contributed by atoms with Crippen LogP contribution < -0.4 is 5.32 Å². The molecule has 2 fully saturated rings. The molecule has 1 amide bonds. The van der Waals surface area contributed by atoms with Gasteiger partial charge in [0.2, 0.25) is 5.91 Å². The minimum atomic E-state index is -0.151. The van der Waals surface area contributed by atoms with Crippen LogP contribution in [0.25, 0.3) is 0 Å². The van der Waals surface area contributed by atoms with Gasteiger partial charge >= 0.3 is 0 Å². The molecular weight excluding hydrogens is 228 g/mol. The third kappa shape index (κ3) is 2.69. The second-order valence-electron chi connectivity index (χ2n) is 6.26. The first-order valence-electron chi connectivity index (χ1n) is 7.23. The van der Waals surface area contributed by atoms with Crippen LogP contribution in [-0.2, 0) is 4.79 Å². The number of nitrogens with zero attached hydrogens (tertiary/aromatic N) is 1. The van der Waals surface area contributed by atoms with Crippen LogP contribution in [0.15, 0.2) is 0 Å². The van der Waals surface area contributed by atoms with Gasteiger partial charge in [0.25, 0.3) is 0 Å². The quantitative estimate of drug-likeness (QED) is 0.798. The molecule has 1 aliphatic carbocycles. The first kappa shape index (κ1) is 13.8. The molecule has 1 heterocycles. The Hall–Kier alpha value is -0.610. The molecule has 4 heteroatoms. The Morgan fingerprint density at radius 2 is 2.00 bits per heavy atom. The molecule has 0 aromatic rings. The Bertz CT molecular complexity index is 298. The molecule has 1 saturated carbocycles. The number of piperazine rings is 1. The summed E-state index contributed by atoms with van der Waals surface area (Å²) in [5.41, 5.74) is -0.00421. The van der Waals surface area contributed by atoms with Crippen molar-refractivity contribution in [3.8, 4) is 0 Å². The molecule has 0 aromatic heterocycles. The van der Waals surface area contributed by atoms with E-state index < -0.39 is 0 Å². The smallest absolute Gasteiger partial charge is 0.237 e. The molecule has 4 nitrogen and oxygen atoms in total. The Morgan fingerprint density at radius 3 is 2.61 bits per heavy atom. The molecule has 1 aliphatic heterocycles. The predicted octanol–water partition coefficient (Wildman–Crippen LogP) is 1.28. The highest BCUT2D eigenvalue weighted by atomic mass is 16.3. The van der Waals surface area contributed by atoms with Gasteiger partial charge in [-0.1, -0.05) is 19.3 Å². The maximum absolute atomic E-state index is 12.1. The largest absolute Gasteiger partial charge is 0.396 e. The summed E-state index contributed by atoms with van der Waals surface area (Å²) in [6.45, 7) is 5.19. The van der Waals surface area contributed by atoms with E-state index in [0.29, 0.717) is 19.0 Å². The summed E-state index contributed by atoms with van der Waals surface area (Å²) in [6, 6.07) is 0.359. The van der Waals surface area contributed by atoms with Crippen molar-refractivity contribution in [1.29, 1.82) is 0 Å². The molecule has 0 spiro atoms. The van der Waals surface area contributed by atoms with E-state index in [1.807, 2.05) is 0 Å². The summed E-state index contributed by atoms with van der Waals surface area (Å²) in [4.78, 5) is 14.5. The molecule has 2 rings (SSSR count). The zero-order valence-electron chi connectivity index (χ0n) is 11.6. The highest BCUT2D eigenvalue weighted by Gasteiger charge is 2.44. The van der Waals surface area contributed by atoms with Crippen molar-refractivity contribution in [2.24, 2.45) is 0 Å². The molecule has 0 bridgehead atoms. The predicted molar refractivity (Wildman–Crippen MR) is 71.3 cm³/mol.